The number of ether oxygens (including phenoxy) is 2. The molecular weight excluding hydrogens is 304 g/mol. The lowest BCUT2D eigenvalue weighted by atomic mass is 10.2. The van der Waals surface area contributed by atoms with Gasteiger partial charge in [0.1, 0.15) is 13.2 Å². The van der Waals surface area contributed by atoms with E-state index in [4.69, 9.17) is 0 Å². The second-order valence-corrected chi connectivity index (χ2v) is 3.96. The van der Waals surface area contributed by atoms with E-state index >= 15 is 0 Å². The summed E-state index contributed by atoms with van der Waals surface area (Å²) in [6.07, 6.45) is 3.24. The summed E-state index contributed by atoms with van der Waals surface area (Å²) in [7, 11) is 0. The van der Waals surface area contributed by atoms with Gasteiger partial charge in [-0.25, -0.2) is 29.2 Å². The summed E-state index contributed by atoms with van der Waals surface area (Å²) in [4.78, 5) is 47.0. The highest BCUT2D eigenvalue weighted by molar-refractivity contribution is 5.87. The second kappa shape index (κ2) is 15.6. The molecule has 0 aromatic carbocycles. The first-order valence-corrected chi connectivity index (χ1v) is 6.65. The zero-order chi connectivity index (χ0) is 18.1. The van der Waals surface area contributed by atoms with Crippen LogP contribution in [0.1, 0.15) is 20.3 Å². The van der Waals surface area contributed by atoms with Crippen LogP contribution >= 0.6 is 0 Å². The lowest BCUT2D eigenvalue weighted by Gasteiger charge is -2.01. The monoisotopic (exact) mass is 324 g/mol. The summed E-state index contributed by atoms with van der Waals surface area (Å²) < 4.78 is 9.28. The van der Waals surface area contributed by atoms with Gasteiger partial charge in [-0.3, -0.25) is 0 Å². The van der Waals surface area contributed by atoms with Gasteiger partial charge >= 0.3 is 11.9 Å². The normalized spacial score (nSPS) is 8.26. The molecule has 0 heterocycles. The highest BCUT2D eigenvalue weighted by Crippen LogP contribution is 1.98. The molecule has 0 N–H and O–H groups in total. The van der Waals surface area contributed by atoms with Crippen LogP contribution in [0.25, 0.3) is 0 Å². The standard InChI is InChI=1S/C8H11NO3.C7H9NO3/c1-3-7(2)8(11)12-5-4-9-6-10;1-6(2)7(10)11-4-3-8-5-9/h2-5H2,1H3;1,3-4H2,2H3. The molecule has 0 radical (unpaired) electrons. The lowest BCUT2D eigenvalue weighted by molar-refractivity contribution is -0.139. The largest absolute Gasteiger partial charge is 0.460 e. The van der Waals surface area contributed by atoms with Gasteiger partial charge in [-0.1, -0.05) is 20.1 Å². The van der Waals surface area contributed by atoms with Gasteiger partial charge in [-0.05, 0) is 13.3 Å². The smallest absolute Gasteiger partial charge is 0.333 e. The first-order chi connectivity index (χ1) is 10.9. The van der Waals surface area contributed by atoms with Crippen molar-refractivity contribution in [2.24, 2.45) is 9.98 Å². The second-order valence-electron chi connectivity index (χ2n) is 3.96. The molecule has 0 atom stereocenters. The maximum Gasteiger partial charge on any atom is 0.333 e. The Kier molecular flexibility index (Phi) is 15.2. The molecule has 0 bridgehead atoms. The molecule has 8 heteroatoms. The molecule has 0 aromatic heterocycles. The highest BCUT2D eigenvalue weighted by Gasteiger charge is 2.04. The SMILES string of the molecule is C=C(C)C(=O)OCCN=C=O.C=C(CC)C(=O)OCCN=C=O. The fourth-order valence-electron chi connectivity index (χ4n) is 0.829. The lowest BCUT2D eigenvalue weighted by Crippen LogP contribution is -2.09. The van der Waals surface area contributed by atoms with E-state index < -0.39 is 11.9 Å². The van der Waals surface area contributed by atoms with Crippen molar-refractivity contribution in [3.8, 4) is 0 Å². The van der Waals surface area contributed by atoms with Gasteiger partial charge in [-0.15, -0.1) is 0 Å². The predicted molar refractivity (Wildman–Crippen MR) is 82.1 cm³/mol. The van der Waals surface area contributed by atoms with Gasteiger partial charge in [0.2, 0.25) is 12.2 Å². The van der Waals surface area contributed by atoms with Crippen LogP contribution in [-0.2, 0) is 28.7 Å². The molecule has 0 unspecified atom stereocenters. The van der Waals surface area contributed by atoms with Gasteiger partial charge < -0.3 is 9.47 Å². The molecule has 0 aliphatic carbocycles. The van der Waals surface area contributed by atoms with E-state index in [1.807, 2.05) is 6.92 Å². The van der Waals surface area contributed by atoms with Gasteiger partial charge in [0, 0.05) is 11.1 Å². The van der Waals surface area contributed by atoms with Crippen LogP contribution in [0.15, 0.2) is 34.3 Å². The van der Waals surface area contributed by atoms with Gasteiger partial charge in [0.25, 0.3) is 0 Å². The van der Waals surface area contributed by atoms with Crippen molar-refractivity contribution in [3.05, 3.63) is 24.3 Å². The van der Waals surface area contributed by atoms with Crippen LogP contribution in [-0.4, -0.2) is 50.4 Å². The molecule has 0 spiro atoms. The molecule has 0 aromatic rings. The van der Waals surface area contributed by atoms with E-state index in [9.17, 15) is 19.2 Å². The van der Waals surface area contributed by atoms with E-state index in [2.05, 4.69) is 32.6 Å². The molecule has 8 nitrogen and oxygen atoms in total. The predicted octanol–water partition coefficient (Wildman–Crippen LogP) is 1.27. The minimum atomic E-state index is -0.467. The summed E-state index contributed by atoms with van der Waals surface area (Å²) in [5.74, 6) is -0.898. The number of hydrogen-bond donors (Lipinski definition) is 0. The number of nitrogens with zero attached hydrogens (tertiary/aromatic N) is 2. The van der Waals surface area contributed by atoms with E-state index in [1.165, 1.54) is 12.2 Å². The number of isocyanates is 2. The Morgan fingerprint density at radius 1 is 0.957 bits per heavy atom. The van der Waals surface area contributed by atoms with Crippen molar-refractivity contribution in [2.45, 2.75) is 20.3 Å². The van der Waals surface area contributed by atoms with Crippen LogP contribution in [0, 0.1) is 0 Å². The van der Waals surface area contributed by atoms with Crippen LogP contribution < -0.4 is 0 Å². The van der Waals surface area contributed by atoms with Crippen molar-refractivity contribution in [2.75, 3.05) is 26.3 Å². The molecule has 0 aliphatic heterocycles. The van der Waals surface area contributed by atoms with Crippen LogP contribution in [0.5, 0.6) is 0 Å². The van der Waals surface area contributed by atoms with Gasteiger partial charge in [0.15, 0.2) is 0 Å². The Hall–Kier alpha value is -2.82. The maximum atomic E-state index is 10.9. The number of carbonyl (C=O) groups is 2. The minimum absolute atomic E-state index is 0.0981. The maximum absolute atomic E-state index is 10.9. The minimum Gasteiger partial charge on any atom is -0.460 e. The summed E-state index contributed by atoms with van der Waals surface area (Å²) >= 11 is 0. The van der Waals surface area contributed by atoms with Crippen molar-refractivity contribution in [1.82, 2.24) is 0 Å². The summed E-state index contributed by atoms with van der Waals surface area (Å²) in [6, 6.07) is 0. The van der Waals surface area contributed by atoms with E-state index in [1.54, 1.807) is 6.92 Å². The third-order valence-corrected chi connectivity index (χ3v) is 2.07. The number of carbonyl (C=O) groups excluding carboxylic acids is 4. The third kappa shape index (κ3) is 15.4. The van der Waals surface area contributed by atoms with E-state index in [0.717, 1.165) is 0 Å². The third-order valence-electron chi connectivity index (χ3n) is 2.07. The zero-order valence-corrected chi connectivity index (χ0v) is 13.3. The molecule has 0 aliphatic rings. The molecule has 126 valence electrons. The summed E-state index contributed by atoms with van der Waals surface area (Å²) in [5.41, 5.74) is 0.755. The van der Waals surface area contributed by atoms with Crippen LogP contribution in [0.4, 0.5) is 0 Å². The Labute approximate surface area is 134 Å². The average Bonchev–Trinajstić information content (AvgIpc) is 2.54. The molecule has 23 heavy (non-hydrogen) atoms. The van der Waals surface area contributed by atoms with Crippen molar-refractivity contribution >= 4 is 24.1 Å². The molecule has 0 saturated carbocycles. The Morgan fingerprint density at radius 3 is 1.74 bits per heavy atom. The number of esters is 2. The summed E-state index contributed by atoms with van der Waals surface area (Å²) in [6.45, 7) is 10.7. The zero-order valence-electron chi connectivity index (χ0n) is 13.3. The Balaban J connectivity index is 0. The Bertz CT molecular complexity index is 514. The molecule has 0 fully saturated rings. The summed E-state index contributed by atoms with van der Waals surface area (Å²) in [5, 5.41) is 0. The molecule has 0 amide bonds. The van der Waals surface area contributed by atoms with Crippen LogP contribution in [0.3, 0.4) is 0 Å². The van der Waals surface area contributed by atoms with Crippen molar-refractivity contribution < 1.29 is 28.7 Å². The van der Waals surface area contributed by atoms with Gasteiger partial charge in [0.05, 0.1) is 13.1 Å². The fraction of sp³-hybridized carbons (Fsp3) is 0.467. The van der Waals surface area contributed by atoms with Gasteiger partial charge in [-0.2, -0.15) is 0 Å². The van der Waals surface area contributed by atoms with Crippen molar-refractivity contribution in [1.29, 1.82) is 0 Å². The number of hydrogen-bond acceptors (Lipinski definition) is 8. The molecule has 0 saturated heterocycles. The topological polar surface area (TPSA) is 111 Å². The number of rotatable bonds is 9. The van der Waals surface area contributed by atoms with E-state index in [-0.39, 0.29) is 26.3 Å². The Morgan fingerprint density at radius 2 is 1.39 bits per heavy atom. The molecule has 0 rings (SSSR count). The fourth-order valence-corrected chi connectivity index (χ4v) is 0.829. The number of aliphatic imine (C=N–C) groups is 2. The quantitative estimate of drug-likeness (QED) is 0.208. The van der Waals surface area contributed by atoms with Crippen LogP contribution in [0.2, 0.25) is 0 Å². The first kappa shape index (κ1) is 22.5. The molecular formula is C15H20N2O6. The highest BCUT2D eigenvalue weighted by atomic mass is 16.5. The van der Waals surface area contributed by atoms with Crippen molar-refractivity contribution in [3.63, 3.8) is 0 Å². The first-order valence-electron chi connectivity index (χ1n) is 6.65. The van der Waals surface area contributed by atoms with E-state index in [0.29, 0.717) is 17.6 Å². The average molecular weight is 324 g/mol.